The van der Waals surface area contributed by atoms with Gasteiger partial charge in [0.1, 0.15) is 12.1 Å². The number of H-pyrrole nitrogens is 1. The SMILES string of the molecule is COc1ccc(Br)cc1/C=N\n1cn[nH]c1=S. The zero-order valence-electron chi connectivity index (χ0n) is 8.92. The summed E-state index contributed by atoms with van der Waals surface area (Å²) in [6, 6.07) is 5.67. The smallest absolute Gasteiger partial charge is 0.216 e. The molecule has 0 aliphatic carbocycles. The molecule has 5 nitrogen and oxygen atoms in total. The van der Waals surface area contributed by atoms with Gasteiger partial charge in [-0.1, -0.05) is 15.9 Å². The first kappa shape index (κ1) is 12.0. The Morgan fingerprint density at radius 2 is 2.41 bits per heavy atom. The highest BCUT2D eigenvalue weighted by molar-refractivity contribution is 9.10. The highest BCUT2D eigenvalue weighted by atomic mass is 79.9. The van der Waals surface area contributed by atoms with Gasteiger partial charge in [0.2, 0.25) is 4.77 Å². The van der Waals surface area contributed by atoms with E-state index in [1.807, 2.05) is 18.2 Å². The Bertz CT molecular complexity index is 604. The standard InChI is InChI=1S/C10H9BrN4OS/c1-16-9-3-2-8(11)4-7(9)5-13-15-6-12-14-10(15)17/h2-6H,1H3,(H,14,17)/b13-5-. The largest absolute Gasteiger partial charge is 0.496 e. The van der Waals surface area contributed by atoms with Crippen LogP contribution in [0.4, 0.5) is 0 Å². The van der Waals surface area contributed by atoms with E-state index in [9.17, 15) is 0 Å². The van der Waals surface area contributed by atoms with Gasteiger partial charge in [-0.25, -0.2) is 0 Å². The zero-order chi connectivity index (χ0) is 12.3. The molecule has 0 saturated carbocycles. The molecule has 0 spiro atoms. The van der Waals surface area contributed by atoms with Crippen molar-refractivity contribution in [1.29, 1.82) is 0 Å². The molecule has 2 rings (SSSR count). The van der Waals surface area contributed by atoms with Crippen molar-refractivity contribution in [3.05, 3.63) is 39.3 Å². The Labute approximate surface area is 111 Å². The second kappa shape index (κ2) is 5.24. The number of nitrogens with one attached hydrogen (secondary N) is 1. The number of aromatic nitrogens is 3. The fourth-order valence-electron chi connectivity index (χ4n) is 1.26. The lowest BCUT2D eigenvalue weighted by Crippen LogP contribution is -1.93. The van der Waals surface area contributed by atoms with Crippen LogP contribution in [0.15, 0.2) is 34.1 Å². The van der Waals surface area contributed by atoms with E-state index in [4.69, 9.17) is 17.0 Å². The van der Waals surface area contributed by atoms with Gasteiger partial charge < -0.3 is 4.74 Å². The summed E-state index contributed by atoms with van der Waals surface area (Å²) in [6.45, 7) is 0. The van der Waals surface area contributed by atoms with E-state index in [0.717, 1.165) is 15.8 Å². The highest BCUT2D eigenvalue weighted by Gasteiger charge is 2.01. The van der Waals surface area contributed by atoms with Crippen molar-refractivity contribution >= 4 is 34.4 Å². The van der Waals surface area contributed by atoms with Crippen molar-refractivity contribution in [2.75, 3.05) is 7.11 Å². The zero-order valence-corrected chi connectivity index (χ0v) is 11.3. The van der Waals surface area contributed by atoms with Gasteiger partial charge in [-0.3, -0.25) is 5.10 Å². The molecule has 0 bridgehead atoms. The van der Waals surface area contributed by atoms with Crippen molar-refractivity contribution in [2.24, 2.45) is 5.10 Å². The number of rotatable bonds is 3. The Morgan fingerprint density at radius 3 is 3.06 bits per heavy atom. The number of halogens is 1. The number of nitrogens with zero attached hydrogens (tertiary/aromatic N) is 3. The van der Waals surface area contributed by atoms with E-state index in [1.54, 1.807) is 13.3 Å². The maximum absolute atomic E-state index is 5.23. The third kappa shape index (κ3) is 2.80. The van der Waals surface area contributed by atoms with Crippen molar-refractivity contribution in [2.45, 2.75) is 0 Å². The minimum Gasteiger partial charge on any atom is -0.496 e. The molecular formula is C10H9BrN4OS. The second-order valence-electron chi connectivity index (χ2n) is 3.14. The predicted molar refractivity (Wildman–Crippen MR) is 71.1 cm³/mol. The molecule has 1 N–H and O–H groups in total. The van der Waals surface area contributed by atoms with Gasteiger partial charge in [-0.2, -0.15) is 14.9 Å². The number of hydrogen-bond donors (Lipinski definition) is 1. The summed E-state index contributed by atoms with van der Waals surface area (Å²) in [4.78, 5) is 0. The van der Waals surface area contributed by atoms with Crippen molar-refractivity contribution in [3.63, 3.8) is 0 Å². The molecule has 0 aliphatic rings. The van der Waals surface area contributed by atoms with Gasteiger partial charge in [-0.05, 0) is 30.4 Å². The average Bonchev–Trinajstić information content (AvgIpc) is 2.72. The van der Waals surface area contributed by atoms with Crippen LogP contribution in [0.3, 0.4) is 0 Å². The van der Waals surface area contributed by atoms with E-state index in [2.05, 4.69) is 31.2 Å². The maximum atomic E-state index is 5.23. The molecule has 1 aromatic carbocycles. The Hall–Kier alpha value is -1.47. The Kier molecular flexibility index (Phi) is 3.70. The number of aromatic amines is 1. The first-order valence-electron chi connectivity index (χ1n) is 4.70. The van der Waals surface area contributed by atoms with Gasteiger partial charge in [0.05, 0.1) is 13.3 Å². The molecule has 1 aromatic heterocycles. The summed E-state index contributed by atoms with van der Waals surface area (Å²) >= 11 is 8.37. The maximum Gasteiger partial charge on any atom is 0.216 e. The minimum absolute atomic E-state index is 0.440. The van der Waals surface area contributed by atoms with E-state index in [0.29, 0.717) is 4.77 Å². The van der Waals surface area contributed by atoms with Gasteiger partial charge in [0.25, 0.3) is 0 Å². The van der Waals surface area contributed by atoms with Gasteiger partial charge in [-0.15, -0.1) is 0 Å². The Morgan fingerprint density at radius 1 is 1.59 bits per heavy atom. The third-order valence-electron chi connectivity index (χ3n) is 2.05. The van der Waals surface area contributed by atoms with Crippen LogP contribution in [0.2, 0.25) is 0 Å². The normalized spacial score (nSPS) is 10.9. The summed E-state index contributed by atoms with van der Waals surface area (Å²) < 4.78 is 8.09. The van der Waals surface area contributed by atoms with Gasteiger partial charge >= 0.3 is 0 Å². The molecule has 0 fully saturated rings. The third-order valence-corrected chi connectivity index (χ3v) is 2.82. The fraction of sp³-hybridized carbons (Fsp3) is 0.100. The molecule has 7 heteroatoms. The molecule has 88 valence electrons. The monoisotopic (exact) mass is 312 g/mol. The summed E-state index contributed by atoms with van der Waals surface area (Å²) in [5.74, 6) is 0.743. The molecule has 2 aromatic rings. The topological polar surface area (TPSA) is 55.2 Å². The van der Waals surface area contributed by atoms with Gasteiger partial charge in [0.15, 0.2) is 0 Å². The summed E-state index contributed by atoms with van der Waals surface area (Å²) in [5.41, 5.74) is 0.852. The molecule has 0 aliphatic heterocycles. The van der Waals surface area contributed by atoms with E-state index < -0.39 is 0 Å². The quantitative estimate of drug-likeness (QED) is 0.700. The fourth-order valence-corrected chi connectivity index (χ4v) is 1.78. The predicted octanol–water partition coefficient (Wildman–Crippen LogP) is 2.59. The van der Waals surface area contributed by atoms with Crippen LogP contribution in [0.25, 0.3) is 0 Å². The summed E-state index contributed by atoms with van der Waals surface area (Å²) in [6.07, 6.45) is 3.16. The molecule has 17 heavy (non-hydrogen) atoms. The highest BCUT2D eigenvalue weighted by Crippen LogP contribution is 2.21. The molecule has 0 unspecified atom stereocenters. The van der Waals surface area contributed by atoms with Crippen molar-refractivity contribution < 1.29 is 4.74 Å². The number of methoxy groups -OCH3 is 1. The van der Waals surface area contributed by atoms with Crippen molar-refractivity contribution in [3.8, 4) is 5.75 Å². The lowest BCUT2D eigenvalue weighted by molar-refractivity contribution is 0.414. The first-order chi connectivity index (χ1) is 8.20. The van der Waals surface area contributed by atoms with E-state index >= 15 is 0 Å². The number of ether oxygens (including phenoxy) is 1. The van der Waals surface area contributed by atoms with Crippen LogP contribution in [-0.4, -0.2) is 28.2 Å². The number of hydrogen-bond acceptors (Lipinski definition) is 4. The molecule has 0 radical (unpaired) electrons. The average molecular weight is 313 g/mol. The lowest BCUT2D eigenvalue weighted by atomic mass is 10.2. The van der Waals surface area contributed by atoms with Crippen LogP contribution in [0.5, 0.6) is 5.75 Å². The summed E-state index contributed by atoms with van der Waals surface area (Å²) in [5, 5.41) is 10.6. The van der Waals surface area contributed by atoms with E-state index in [1.165, 1.54) is 11.0 Å². The van der Waals surface area contributed by atoms with Gasteiger partial charge in [0, 0.05) is 10.0 Å². The van der Waals surface area contributed by atoms with Crippen LogP contribution in [0, 0.1) is 4.77 Å². The molecule has 0 saturated heterocycles. The Balaban J connectivity index is 2.35. The van der Waals surface area contributed by atoms with Crippen molar-refractivity contribution in [1.82, 2.24) is 14.9 Å². The molecule has 0 amide bonds. The number of benzene rings is 1. The second-order valence-corrected chi connectivity index (χ2v) is 4.44. The lowest BCUT2D eigenvalue weighted by Gasteiger charge is -2.04. The first-order valence-corrected chi connectivity index (χ1v) is 5.91. The van der Waals surface area contributed by atoms with Crippen LogP contribution in [0.1, 0.15) is 5.56 Å². The van der Waals surface area contributed by atoms with Crippen LogP contribution >= 0.6 is 28.1 Å². The molecule has 0 atom stereocenters. The minimum atomic E-state index is 0.440. The van der Waals surface area contributed by atoms with Crippen LogP contribution < -0.4 is 4.74 Å². The molecule has 1 heterocycles. The molecular weight excluding hydrogens is 304 g/mol. The van der Waals surface area contributed by atoms with E-state index in [-0.39, 0.29) is 0 Å². The van der Waals surface area contributed by atoms with Crippen LogP contribution in [-0.2, 0) is 0 Å². The summed E-state index contributed by atoms with van der Waals surface area (Å²) in [7, 11) is 1.62.